The number of nitrogens with zero attached hydrogens (tertiary/aromatic N) is 3. The first-order chi connectivity index (χ1) is 15.3. The lowest BCUT2D eigenvalue weighted by Crippen LogP contribution is -2.22. The third-order valence-corrected chi connectivity index (χ3v) is 6.87. The molecule has 0 amide bonds. The first-order valence-electron chi connectivity index (χ1n) is 10.3. The second-order valence-electron chi connectivity index (χ2n) is 7.26. The van der Waals surface area contributed by atoms with Crippen LogP contribution in [0.5, 0.6) is 11.5 Å². The van der Waals surface area contributed by atoms with E-state index in [1.165, 1.54) is 4.68 Å². The second kappa shape index (κ2) is 10.8. The highest BCUT2D eigenvalue weighted by Crippen LogP contribution is 2.42. The molecule has 0 aliphatic rings. The Morgan fingerprint density at radius 2 is 2.03 bits per heavy atom. The van der Waals surface area contributed by atoms with Gasteiger partial charge in [0.1, 0.15) is 10.8 Å². The van der Waals surface area contributed by atoms with E-state index in [0.29, 0.717) is 49.7 Å². The molecule has 170 valence electrons. The van der Waals surface area contributed by atoms with Crippen LogP contribution in [0.25, 0.3) is 10.9 Å². The Labute approximate surface area is 208 Å². The standard InChI is InChI=1S/C23H24Br2ClN3O3/c1-5-7-19-28-17-9-8-15(24)11-16(17)23(30)29(19)27-12-14-10-18(31-4)22(21(26)20(14)25)32-13(3)6-2/h8-13H,5-7H2,1-4H3/t13-/m0/s1. The summed E-state index contributed by atoms with van der Waals surface area (Å²) in [6, 6.07) is 7.22. The van der Waals surface area contributed by atoms with Crippen molar-refractivity contribution in [2.24, 2.45) is 5.10 Å². The summed E-state index contributed by atoms with van der Waals surface area (Å²) in [6.45, 7) is 6.03. The molecule has 0 bridgehead atoms. The van der Waals surface area contributed by atoms with Gasteiger partial charge in [-0.1, -0.05) is 41.4 Å². The number of ether oxygens (including phenoxy) is 2. The summed E-state index contributed by atoms with van der Waals surface area (Å²) in [5.41, 5.74) is 1.06. The summed E-state index contributed by atoms with van der Waals surface area (Å²) in [5.74, 6) is 1.55. The van der Waals surface area contributed by atoms with E-state index < -0.39 is 0 Å². The van der Waals surface area contributed by atoms with Crippen LogP contribution in [0.3, 0.4) is 0 Å². The molecular weight excluding hydrogens is 562 g/mol. The van der Waals surface area contributed by atoms with E-state index in [1.54, 1.807) is 25.5 Å². The molecule has 6 nitrogen and oxygen atoms in total. The van der Waals surface area contributed by atoms with Crippen LogP contribution in [0.2, 0.25) is 5.02 Å². The maximum Gasteiger partial charge on any atom is 0.282 e. The second-order valence-corrected chi connectivity index (χ2v) is 9.35. The van der Waals surface area contributed by atoms with Crippen molar-refractivity contribution in [3.05, 3.63) is 60.0 Å². The van der Waals surface area contributed by atoms with Crippen molar-refractivity contribution in [3.63, 3.8) is 0 Å². The van der Waals surface area contributed by atoms with Gasteiger partial charge >= 0.3 is 0 Å². The number of halogens is 3. The molecule has 32 heavy (non-hydrogen) atoms. The van der Waals surface area contributed by atoms with Gasteiger partial charge in [0.25, 0.3) is 5.56 Å². The average molecular weight is 586 g/mol. The summed E-state index contributed by atoms with van der Waals surface area (Å²) >= 11 is 13.5. The van der Waals surface area contributed by atoms with Gasteiger partial charge in [-0.2, -0.15) is 9.78 Å². The number of fused-ring (bicyclic) bond motifs is 1. The number of hydrogen-bond donors (Lipinski definition) is 0. The average Bonchev–Trinajstić information content (AvgIpc) is 2.78. The molecule has 0 fully saturated rings. The molecule has 1 atom stereocenters. The maximum absolute atomic E-state index is 13.2. The summed E-state index contributed by atoms with van der Waals surface area (Å²) < 4.78 is 14.2. The molecule has 0 aliphatic heterocycles. The SMILES string of the molecule is CCCc1nc2ccc(Br)cc2c(=O)n1N=Cc1cc(OC)c(O[C@@H](C)CC)c(Cl)c1Br. The third kappa shape index (κ3) is 5.18. The Balaban J connectivity index is 2.12. The van der Waals surface area contributed by atoms with Gasteiger partial charge in [-0.25, -0.2) is 4.98 Å². The van der Waals surface area contributed by atoms with Crippen LogP contribution in [0.4, 0.5) is 0 Å². The highest BCUT2D eigenvalue weighted by atomic mass is 79.9. The number of rotatable bonds is 8. The van der Waals surface area contributed by atoms with Gasteiger partial charge in [-0.3, -0.25) is 4.79 Å². The maximum atomic E-state index is 13.2. The van der Waals surface area contributed by atoms with Crippen molar-refractivity contribution in [1.82, 2.24) is 9.66 Å². The number of aryl methyl sites for hydroxylation is 1. The number of aromatic nitrogens is 2. The largest absolute Gasteiger partial charge is 0.493 e. The minimum absolute atomic E-state index is 0.0222. The zero-order valence-corrected chi connectivity index (χ0v) is 22.2. The Kier molecular flexibility index (Phi) is 8.36. The summed E-state index contributed by atoms with van der Waals surface area (Å²) in [7, 11) is 1.55. The molecule has 3 rings (SSSR count). The Morgan fingerprint density at radius 3 is 2.69 bits per heavy atom. The van der Waals surface area contributed by atoms with Crippen molar-refractivity contribution >= 4 is 60.6 Å². The van der Waals surface area contributed by atoms with Crippen LogP contribution in [-0.4, -0.2) is 29.1 Å². The van der Waals surface area contributed by atoms with E-state index in [2.05, 4.69) is 41.9 Å². The zero-order valence-electron chi connectivity index (χ0n) is 18.3. The number of benzene rings is 2. The molecule has 9 heteroatoms. The predicted molar refractivity (Wildman–Crippen MR) is 137 cm³/mol. The van der Waals surface area contributed by atoms with Gasteiger partial charge in [-0.05, 0) is 60.0 Å². The monoisotopic (exact) mass is 583 g/mol. The van der Waals surface area contributed by atoms with E-state index in [0.717, 1.165) is 17.3 Å². The molecule has 1 aromatic heterocycles. The summed E-state index contributed by atoms with van der Waals surface area (Å²) in [4.78, 5) is 17.8. The van der Waals surface area contributed by atoms with Gasteiger partial charge in [0.05, 0.1) is 30.3 Å². The van der Waals surface area contributed by atoms with Crippen molar-refractivity contribution in [1.29, 1.82) is 0 Å². The van der Waals surface area contributed by atoms with Crippen molar-refractivity contribution in [2.75, 3.05) is 7.11 Å². The lowest BCUT2D eigenvalue weighted by Gasteiger charge is -2.18. The topological polar surface area (TPSA) is 65.7 Å². The fourth-order valence-electron chi connectivity index (χ4n) is 3.06. The molecule has 2 aromatic carbocycles. The van der Waals surface area contributed by atoms with Crippen molar-refractivity contribution in [2.45, 2.75) is 46.1 Å². The van der Waals surface area contributed by atoms with Gasteiger partial charge < -0.3 is 9.47 Å². The summed E-state index contributed by atoms with van der Waals surface area (Å²) in [5, 5.41) is 5.35. The van der Waals surface area contributed by atoms with E-state index in [9.17, 15) is 4.79 Å². The highest BCUT2D eigenvalue weighted by molar-refractivity contribution is 9.10. The normalized spacial score (nSPS) is 12.5. The van der Waals surface area contributed by atoms with E-state index in [4.69, 9.17) is 21.1 Å². The molecule has 0 radical (unpaired) electrons. The lowest BCUT2D eigenvalue weighted by atomic mass is 10.2. The molecule has 0 saturated heterocycles. The molecule has 0 saturated carbocycles. The molecule has 0 aliphatic carbocycles. The quantitative estimate of drug-likeness (QED) is 0.280. The van der Waals surface area contributed by atoms with Crippen LogP contribution in [-0.2, 0) is 6.42 Å². The lowest BCUT2D eigenvalue weighted by molar-refractivity contribution is 0.207. The van der Waals surface area contributed by atoms with Gasteiger partial charge in [0.15, 0.2) is 11.5 Å². The van der Waals surface area contributed by atoms with Crippen LogP contribution in [0, 0.1) is 0 Å². The smallest absolute Gasteiger partial charge is 0.282 e. The molecule has 0 unspecified atom stereocenters. The molecule has 3 aromatic rings. The first kappa shape index (κ1) is 24.7. The minimum Gasteiger partial charge on any atom is -0.493 e. The van der Waals surface area contributed by atoms with E-state index in [1.807, 2.05) is 32.9 Å². The zero-order chi connectivity index (χ0) is 23.4. The van der Waals surface area contributed by atoms with Gasteiger partial charge in [0.2, 0.25) is 0 Å². The van der Waals surface area contributed by atoms with Crippen LogP contribution in [0.15, 0.2) is 43.1 Å². The third-order valence-electron chi connectivity index (χ3n) is 4.93. The van der Waals surface area contributed by atoms with Crippen LogP contribution < -0.4 is 15.0 Å². The van der Waals surface area contributed by atoms with Crippen molar-refractivity contribution in [3.8, 4) is 11.5 Å². The summed E-state index contributed by atoms with van der Waals surface area (Å²) in [6.07, 6.45) is 3.82. The molecule has 1 heterocycles. The molecule has 0 spiro atoms. The molecular formula is C23H24Br2ClN3O3. The van der Waals surface area contributed by atoms with E-state index in [-0.39, 0.29) is 11.7 Å². The first-order valence-corrected chi connectivity index (χ1v) is 12.2. The van der Waals surface area contributed by atoms with E-state index >= 15 is 0 Å². The highest BCUT2D eigenvalue weighted by Gasteiger charge is 2.19. The van der Waals surface area contributed by atoms with Gasteiger partial charge in [0, 0.05) is 20.9 Å². The Bertz CT molecular complexity index is 1230. The fraction of sp³-hybridized carbons (Fsp3) is 0.348. The van der Waals surface area contributed by atoms with Gasteiger partial charge in [-0.15, -0.1) is 0 Å². The predicted octanol–water partition coefficient (Wildman–Crippen LogP) is 6.60. The van der Waals surface area contributed by atoms with Crippen LogP contribution >= 0.6 is 43.5 Å². The minimum atomic E-state index is -0.234. The van der Waals surface area contributed by atoms with Crippen molar-refractivity contribution < 1.29 is 9.47 Å². The van der Waals surface area contributed by atoms with Crippen LogP contribution in [0.1, 0.15) is 45.0 Å². The molecule has 0 N–H and O–H groups in total. The number of methoxy groups -OCH3 is 1. The number of hydrogen-bond acceptors (Lipinski definition) is 5. The Hall–Kier alpha value is -1.90. The fourth-order valence-corrected chi connectivity index (χ4v) is 4.07. The Morgan fingerprint density at radius 1 is 1.28 bits per heavy atom.